The van der Waals surface area contributed by atoms with Crippen molar-refractivity contribution in [2.24, 2.45) is 11.0 Å². The van der Waals surface area contributed by atoms with E-state index in [2.05, 4.69) is 31.8 Å². The van der Waals surface area contributed by atoms with Gasteiger partial charge < -0.3 is 14.8 Å². The molecule has 7 nitrogen and oxygen atoms in total. The maximum Gasteiger partial charge on any atom is 0.262 e. The van der Waals surface area contributed by atoms with Crippen LogP contribution in [0, 0.1) is 12.8 Å². The molecule has 2 N–H and O–H groups in total. The molecule has 0 radical (unpaired) electrons. The number of hydrogen-bond acceptors (Lipinski definition) is 5. The molecule has 0 unspecified atom stereocenters. The molecule has 8 heteroatoms. The molecule has 37 heavy (non-hydrogen) atoms. The number of aryl methyl sites for hydroxylation is 1. The highest BCUT2D eigenvalue weighted by Crippen LogP contribution is 2.26. The first-order valence-corrected chi connectivity index (χ1v) is 12.9. The SMILES string of the molecule is Cc1ccccc1OCC(=O)N[C@@H](CC(C)C)C(=O)N/N=C\c1ccc(OCc2ccccc2)c(Br)c1. The van der Waals surface area contributed by atoms with Gasteiger partial charge in [0, 0.05) is 0 Å². The van der Waals surface area contributed by atoms with Gasteiger partial charge in [-0.1, -0.05) is 62.4 Å². The predicted molar refractivity (Wildman–Crippen MR) is 149 cm³/mol. The molecular formula is C29H32BrN3O4. The van der Waals surface area contributed by atoms with Gasteiger partial charge in [0.25, 0.3) is 11.8 Å². The van der Waals surface area contributed by atoms with E-state index in [-0.39, 0.29) is 18.4 Å². The van der Waals surface area contributed by atoms with Crippen LogP contribution in [0.25, 0.3) is 0 Å². The Labute approximate surface area is 226 Å². The van der Waals surface area contributed by atoms with Gasteiger partial charge in [-0.3, -0.25) is 9.59 Å². The van der Waals surface area contributed by atoms with E-state index in [4.69, 9.17) is 9.47 Å². The largest absolute Gasteiger partial charge is 0.488 e. The fourth-order valence-corrected chi connectivity index (χ4v) is 4.01. The number of nitrogens with zero attached hydrogens (tertiary/aromatic N) is 1. The van der Waals surface area contributed by atoms with E-state index in [0.29, 0.717) is 24.5 Å². The number of amides is 2. The monoisotopic (exact) mass is 565 g/mol. The Kier molecular flexibility index (Phi) is 10.7. The van der Waals surface area contributed by atoms with Crippen molar-refractivity contribution in [2.75, 3.05) is 6.61 Å². The van der Waals surface area contributed by atoms with E-state index in [0.717, 1.165) is 21.2 Å². The van der Waals surface area contributed by atoms with Crippen LogP contribution in [0.1, 0.15) is 37.0 Å². The van der Waals surface area contributed by atoms with Gasteiger partial charge in [-0.25, -0.2) is 5.43 Å². The summed E-state index contributed by atoms with van der Waals surface area (Å²) >= 11 is 3.52. The first-order valence-electron chi connectivity index (χ1n) is 12.1. The van der Waals surface area contributed by atoms with Crippen molar-refractivity contribution in [3.63, 3.8) is 0 Å². The molecule has 2 amide bonds. The van der Waals surface area contributed by atoms with E-state index in [1.54, 1.807) is 12.3 Å². The number of para-hydroxylation sites is 1. The van der Waals surface area contributed by atoms with Gasteiger partial charge in [0.2, 0.25) is 0 Å². The minimum Gasteiger partial charge on any atom is -0.488 e. The summed E-state index contributed by atoms with van der Waals surface area (Å²) in [4.78, 5) is 25.2. The third-order valence-corrected chi connectivity index (χ3v) is 6.01. The smallest absolute Gasteiger partial charge is 0.262 e. The Balaban J connectivity index is 1.53. The van der Waals surface area contributed by atoms with E-state index in [1.807, 2.05) is 87.5 Å². The van der Waals surface area contributed by atoms with Crippen LogP contribution in [0.5, 0.6) is 11.5 Å². The summed E-state index contributed by atoms with van der Waals surface area (Å²) in [6.07, 6.45) is 2.01. The molecule has 0 aliphatic carbocycles. The normalized spacial score (nSPS) is 11.8. The maximum atomic E-state index is 12.8. The number of benzene rings is 3. The average Bonchev–Trinajstić information content (AvgIpc) is 2.87. The Bertz CT molecular complexity index is 1210. The summed E-state index contributed by atoms with van der Waals surface area (Å²) in [7, 11) is 0. The Morgan fingerprint density at radius 1 is 0.973 bits per heavy atom. The second-order valence-electron chi connectivity index (χ2n) is 9.00. The van der Waals surface area contributed by atoms with E-state index >= 15 is 0 Å². The number of carbonyl (C=O) groups is 2. The lowest BCUT2D eigenvalue weighted by atomic mass is 10.0. The van der Waals surface area contributed by atoms with Crippen molar-refractivity contribution in [3.05, 3.63) is 94.0 Å². The number of rotatable bonds is 12. The summed E-state index contributed by atoms with van der Waals surface area (Å²) in [5.74, 6) is 0.767. The lowest BCUT2D eigenvalue weighted by Crippen LogP contribution is -2.47. The van der Waals surface area contributed by atoms with Gasteiger partial charge in [-0.15, -0.1) is 0 Å². The standard InChI is InChI=1S/C29H32BrN3O4/c1-20(2)15-25(32-28(34)19-37-26-12-8-7-9-21(26)3)29(35)33-31-17-23-13-14-27(24(30)16-23)36-18-22-10-5-4-6-11-22/h4-14,16-17,20,25H,15,18-19H2,1-3H3,(H,32,34)(H,33,35)/b31-17-/t25-/m0/s1. The number of halogens is 1. The molecular weight excluding hydrogens is 534 g/mol. The van der Waals surface area contributed by atoms with Crippen molar-refractivity contribution in [3.8, 4) is 11.5 Å². The molecule has 3 aromatic rings. The molecule has 1 atom stereocenters. The number of nitrogens with one attached hydrogen (secondary N) is 2. The summed E-state index contributed by atoms with van der Waals surface area (Å²) in [6.45, 7) is 6.16. The van der Waals surface area contributed by atoms with Gasteiger partial charge in [0.15, 0.2) is 6.61 Å². The fraction of sp³-hybridized carbons (Fsp3) is 0.276. The minimum absolute atomic E-state index is 0.178. The zero-order valence-electron chi connectivity index (χ0n) is 21.2. The number of ether oxygens (including phenoxy) is 2. The van der Waals surface area contributed by atoms with Gasteiger partial charge >= 0.3 is 0 Å². The van der Waals surface area contributed by atoms with Crippen LogP contribution >= 0.6 is 15.9 Å². The van der Waals surface area contributed by atoms with E-state index in [1.165, 1.54) is 0 Å². The molecule has 0 spiro atoms. The topological polar surface area (TPSA) is 89.0 Å². The lowest BCUT2D eigenvalue weighted by molar-refractivity contribution is -0.130. The maximum absolute atomic E-state index is 12.8. The van der Waals surface area contributed by atoms with E-state index in [9.17, 15) is 9.59 Å². The number of hydrogen-bond donors (Lipinski definition) is 2. The van der Waals surface area contributed by atoms with Crippen molar-refractivity contribution in [1.82, 2.24) is 10.7 Å². The summed E-state index contributed by atoms with van der Waals surface area (Å²) < 4.78 is 12.2. The minimum atomic E-state index is -0.731. The van der Waals surface area contributed by atoms with Gasteiger partial charge in [0.1, 0.15) is 24.1 Å². The van der Waals surface area contributed by atoms with Crippen LogP contribution in [0.3, 0.4) is 0 Å². The molecule has 0 bridgehead atoms. The molecule has 194 valence electrons. The molecule has 0 aromatic heterocycles. The van der Waals surface area contributed by atoms with Crippen LogP contribution in [0.2, 0.25) is 0 Å². The predicted octanol–water partition coefficient (Wildman–Crippen LogP) is 5.40. The first-order chi connectivity index (χ1) is 17.8. The third-order valence-electron chi connectivity index (χ3n) is 5.39. The molecule has 0 fully saturated rings. The highest BCUT2D eigenvalue weighted by atomic mass is 79.9. The van der Waals surface area contributed by atoms with Crippen LogP contribution in [-0.4, -0.2) is 30.7 Å². The van der Waals surface area contributed by atoms with Gasteiger partial charge in [-0.05, 0) is 76.1 Å². The molecule has 0 aliphatic rings. The van der Waals surface area contributed by atoms with Crippen LogP contribution in [-0.2, 0) is 16.2 Å². The molecule has 0 heterocycles. The third kappa shape index (κ3) is 9.38. The highest BCUT2D eigenvalue weighted by molar-refractivity contribution is 9.10. The highest BCUT2D eigenvalue weighted by Gasteiger charge is 2.22. The van der Waals surface area contributed by atoms with Crippen LogP contribution < -0.4 is 20.2 Å². The Hall–Kier alpha value is -3.65. The fourth-order valence-electron chi connectivity index (χ4n) is 3.50. The van der Waals surface area contributed by atoms with Crippen LogP contribution in [0.4, 0.5) is 0 Å². The van der Waals surface area contributed by atoms with Gasteiger partial charge in [0.05, 0.1) is 10.7 Å². The Morgan fingerprint density at radius 2 is 1.70 bits per heavy atom. The van der Waals surface area contributed by atoms with Gasteiger partial charge in [-0.2, -0.15) is 5.10 Å². The molecule has 0 aliphatic heterocycles. The summed E-state index contributed by atoms with van der Waals surface area (Å²) in [5.41, 5.74) is 5.32. The zero-order chi connectivity index (χ0) is 26.6. The second kappa shape index (κ2) is 14.2. The van der Waals surface area contributed by atoms with Crippen molar-refractivity contribution in [1.29, 1.82) is 0 Å². The van der Waals surface area contributed by atoms with Crippen molar-refractivity contribution >= 4 is 34.0 Å². The molecule has 0 saturated carbocycles. The number of carbonyl (C=O) groups excluding carboxylic acids is 2. The molecule has 3 rings (SSSR count). The molecule has 0 saturated heterocycles. The summed E-state index contributed by atoms with van der Waals surface area (Å²) in [6, 6.07) is 22.2. The quantitative estimate of drug-likeness (QED) is 0.227. The Morgan fingerprint density at radius 3 is 2.41 bits per heavy atom. The van der Waals surface area contributed by atoms with Crippen molar-refractivity contribution in [2.45, 2.75) is 39.8 Å². The van der Waals surface area contributed by atoms with Crippen molar-refractivity contribution < 1.29 is 19.1 Å². The lowest BCUT2D eigenvalue weighted by Gasteiger charge is -2.19. The average molecular weight is 566 g/mol. The summed E-state index contributed by atoms with van der Waals surface area (Å²) in [5, 5.41) is 6.83. The zero-order valence-corrected chi connectivity index (χ0v) is 22.8. The number of hydrazone groups is 1. The van der Waals surface area contributed by atoms with E-state index < -0.39 is 11.9 Å². The molecule has 3 aromatic carbocycles. The van der Waals surface area contributed by atoms with Crippen LogP contribution in [0.15, 0.2) is 82.4 Å². The first kappa shape index (κ1) is 27.9. The second-order valence-corrected chi connectivity index (χ2v) is 9.86.